The van der Waals surface area contributed by atoms with Gasteiger partial charge in [-0.2, -0.15) is 0 Å². The van der Waals surface area contributed by atoms with E-state index in [1.54, 1.807) is 12.1 Å². The first-order valence-electron chi connectivity index (χ1n) is 9.27. The summed E-state index contributed by atoms with van der Waals surface area (Å²) in [4.78, 5) is 25.7. The largest absolute Gasteiger partial charge is 0.366 e. The number of thiocarbonyl (C=S) groups is 1. The molecule has 152 valence electrons. The Labute approximate surface area is 182 Å². The Bertz CT molecular complexity index is 961. The average molecular weight is 477 g/mol. The highest BCUT2D eigenvalue weighted by atomic mass is 79.9. The van der Waals surface area contributed by atoms with Crippen LogP contribution in [0.15, 0.2) is 40.9 Å². The first-order valence-corrected chi connectivity index (χ1v) is 10.5. The number of nitro groups is 1. The van der Waals surface area contributed by atoms with Crippen LogP contribution in [0.2, 0.25) is 0 Å². The van der Waals surface area contributed by atoms with Gasteiger partial charge in [0.15, 0.2) is 5.11 Å². The quantitative estimate of drug-likeness (QED) is 0.374. The van der Waals surface area contributed by atoms with Crippen LogP contribution in [0, 0.1) is 17.0 Å². The molecule has 0 saturated carbocycles. The maximum absolute atomic E-state index is 12.6. The summed E-state index contributed by atoms with van der Waals surface area (Å²) in [5, 5.41) is 17.3. The monoisotopic (exact) mass is 476 g/mol. The first kappa shape index (κ1) is 21.2. The molecular formula is C20H21BrN4O3S. The van der Waals surface area contributed by atoms with E-state index in [0.29, 0.717) is 5.69 Å². The minimum absolute atomic E-state index is 0.0674. The fraction of sp³-hybridized carbons (Fsp3) is 0.300. The summed E-state index contributed by atoms with van der Waals surface area (Å²) in [7, 11) is 0. The lowest BCUT2D eigenvalue weighted by atomic mass is 10.1. The number of anilines is 2. The second-order valence-electron chi connectivity index (χ2n) is 6.88. The Hall–Kier alpha value is -2.52. The van der Waals surface area contributed by atoms with Gasteiger partial charge in [-0.25, -0.2) is 0 Å². The molecule has 2 aromatic rings. The SMILES string of the molecule is Cc1cc(Br)ccc1NC(=S)NC(=O)c1ccc(N2CCCCC2)c([N+](=O)[O-])c1. The zero-order chi connectivity index (χ0) is 21.0. The number of piperidine rings is 1. The molecule has 9 heteroatoms. The van der Waals surface area contributed by atoms with Crippen LogP contribution in [0.3, 0.4) is 0 Å². The molecule has 0 aromatic heterocycles. The van der Waals surface area contributed by atoms with Crippen LogP contribution in [0.1, 0.15) is 35.2 Å². The standard InChI is InChI=1S/C20H21BrN4O3S/c1-13-11-15(21)6-7-16(13)22-20(29)23-19(26)14-5-8-17(18(12-14)25(27)28)24-9-3-2-4-10-24/h5-8,11-12H,2-4,9-10H2,1H3,(H2,22,23,26,29). The molecule has 1 amide bonds. The molecule has 7 nitrogen and oxygen atoms in total. The van der Waals surface area contributed by atoms with Crippen LogP contribution < -0.4 is 15.5 Å². The van der Waals surface area contributed by atoms with E-state index in [9.17, 15) is 14.9 Å². The summed E-state index contributed by atoms with van der Waals surface area (Å²) in [6.07, 6.45) is 3.15. The number of amides is 1. The lowest BCUT2D eigenvalue weighted by Gasteiger charge is -2.28. The molecule has 0 bridgehead atoms. The third-order valence-corrected chi connectivity index (χ3v) is 5.49. The predicted molar refractivity (Wildman–Crippen MR) is 122 cm³/mol. The smallest absolute Gasteiger partial charge is 0.293 e. The van der Waals surface area contributed by atoms with Gasteiger partial charge in [-0.1, -0.05) is 15.9 Å². The molecule has 2 N–H and O–H groups in total. The molecule has 2 aromatic carbocycles. The number of rotatable bonds is 4. The van der Waals surface area contributed by atoms with Crippen LogP contribution in [0.25, 0.3) is 0 Å². The van der Waals surface area contributed by atoms with Crippen molar-refractivity contribution in [2.75, 3.05) is 23.3 Å². The van der Waals surface area contributed by atoms with E-state index in [4.69, 9.17) is 12.2 Å². The number of hydrogen-bond acceptors (Lipinski definition) is 5. The molecule has 0 unspecified atom stereocenters. The highest BCUT2D eigenvalue weighted by Crippen LogP contribution is 2.31. The van der Waals surface area contributed by atoms with Crippen molar-refractivity contribution in [2.24, 2.45) is 0 Å². The van der Waals surface area contributed by atoms with E-state index in [0.717, 1.165) is 48.1 Å². The third-order valence-electron chi connectivity index (χ3n) is 4.79. The Balaban J connectivity index is 1.73. The summed E-state index contributed by atoms with van der Waals surface area (Å²) < 4.78 is 0.941. The minimum atomic E-state index is -0.495. The Kier molecular flexibility index (Phi) is 6.81. The number of nitrogens with one attached hydrogen (secondary N) is 2. The zero-order valence-electron chi connectivity index (χ0n) is 15.9. The number of benzene rings is 2. The third kappa shape index (κ3) is 5.30. The van der Waals surface area contributed by atoms with Gasteiger partial charge in [0.25, 0.3) is 11.6 Å². The molecule has 0 atom stereocenters. The summed E-state index contributed by atoms with van der Waals surface area (Å²) in [6.45, 7) is 3.49. The highest BCUT2D eigenvalue weighted by molar-refractivity contribution is 9.10. The molecule has 1 aliphatic heterocycles. The van der Waals surface area contributed by atoms with Crippen LogP contribution in [0.4, 0.5) is 17.1 Å². The average Bonchev–Trinajstić information content (AvgIpc) is 2.70. The number of nitrogens with zero attached hydrogens (tertiary/aromatic N) is 2. The topological polar surface area (TPSA) is 87.5 Å². The predicted octanol–water partition coefficient (Wildman–Crippen LogP) is 4.78. The number of nitro benzene ring substituents is 1. The van der Waals surface area contributed by atoms with E-state index in [2.05, 4.69) is 26.6 Å². The van der Waals surface area contributed by atoms with E-state index >= 15 is 0 Å². The second-order valence-corrected chi connectivity index (χ2v) is 8.20. The van der Waals surface area contributed by atoms with E-state index in [1.807, 2.05) is 30.0 Å². The first-order chi connectivity index (χ1) is 13.8. The zero-order valence-corrected chi connectivity index (χ0v) is 18.3. The van der Waals surface area contributed by atoms with Crippen LogP contribution in [0.5, 0.6) is 0 Å². The van der Waals surface area contributed by atoms with Crippen LogP contribution in [-0.4, -0.2) is 29.0 Å². The molecule has 1 heterocycles. The van der Waals surface area contributed by atoms with Crippen molar-refractivity contribution in [2.45, 2.75) is 26.2 Å². The van der Waals surface area contributed by atoms with Gasteiger partial charge < -0.3 is 10.2 Å². The maximum atomic E-state index is 12.6. The van der Waals surface area contributed by atoms with Gasteiger partial charge >= 0.3 is 0 Å². The fourth-order valence-electron chi connectivity index (χ4n) is 3.31. The molecular weight excluding hydrogens is 456 g/mol. The molecule has 0 aliphatic carbocycles. The minimum Gasteiger partial charge on any atom is -0.366 e. The van der Waals surface area contributed by atoms with Gasteiger partial charge in [-0.15, -0.1) is 0 Å². The number of carbonyl (C=O) groups excluding carboxylic acids is 1. The fourth-order valence-corrected chi connectivity index (χ4v) is 3.99. The Morgan fingerprint density at radius 2 is 1.90 bits per heavy atom. The van der Waals surface area contributed by atoms with Gasteiger partial charge in [0.1, 0.15) is 5.69 Å². The maximum Gasteiger partial charge on any atom is 0.293 e. The van der Waals surface area contributed by atoms with E-state index in [-0.39, 0.29) is 16.4 Å². The van der Waals surface area contributed by atoms with Crippen LogP contribution >= 0.6 is 28.1 Å². The molecule has 3 rings (SSSR count). The van der Waals surface area contributed by atoms with Crippen molar-refractivity contribution in [3.63, 3.8) is 0 Å². The molecule has 29 heavy (non-hydrogen) atoms. The van der Waals surface area contributed by atoms with Gasteiger partial charge in [-0.3, -0.25) is 20.2 Å². The van der Waals surface area contributed by atoms with E-state index in [1.165, 1.54) is 6.07 Å². The molecule has 1 saturated heterocycles. The van der Waals surface area contributed by atoms with Gasteiger partial charge in [0, 0.05) is 34.9 Å². The summed E-state index contributed by atoms with van der Waals surface area (Å²) in [6, 6.07) is 10.2. The normalized spacial score (nSPS) is 13.7. The van der Waals surface area contributed by atoms with Crippen molar-refractivity contribution in [1.82, 2.24) is 5.32 Å². The highest BCUT2D eigenvalue weighted by Gasteiger charge is 2.23. The molecule has 1 aliphatic rings. The number of hydrogen-bond donors (Lipinski definition) is 2. The Morgan fingerprint density at radius 3 is 2.55 bits per heavy atom. The summed E-state index contributed by atoms with van der Waals surface area (Å²) in [5.74, 6) is -0.495. The van der Waals surface area contributed by atoms with Gasteiger partial charge in [-0.05, 0) is 74.3 Å². The lowest BCUT2D eigenvalue weighted by molar-refractivity contribution is -0.384. The summed E-state index contributed by atoms with van der Waals surface area (Å²) >= 11 is 8.62. The number of halogens is 1. The van der Waals surface area contributed by atoms with Gasteiger partial charge in [0.2, 0.25) is 0 Å². The van der Waals surface area contributed by atoms with Gasteiger partial charge in [0.05, 0.1) is 4.92 Å². The number of aryl methyl sites for hydroxylation is 1. The Morgan fingerprint density at radius 1 is 1.17 bits per heavy atom. The molecule has 0 radical (unpaired) electrons. The summed E-state index contributed by atoms with van der Waals surface area (Å²) in [5.41, 5.74) is 2.40. The van der Waals surface area contributed by atoms with Crippen molar-refractivity contribution >= 4 is 56.2 Å². The lowest BCUT2D eigenvalue weighted by Crippen LogP contribution is -2.34. The molecule has 1 fully saturated rings. The van der Waals surface area contributed by atoms with Crippen LogP contribution in [-0.2, 0) is 0 Å². The second kappa shape index (κ2) is 9.32. The van der Waals surface area contributed by atoms with Crippen molar-refractivity contribution in [3.05, 3.63) is 62.1 Å². The van der Waals surface area contributed by atoms with Crippen molar-refractivity contribution in [1.29, 1.82) is 0 Å². The van der Waals surface area contributed by atoms with Crippen molar-refractivity contribution in [3.8, 4) is 0 Å². The van der Waals surface area contributed by atoms with E-state index < -0.39 is 10.8 Å². The molecule has 0 spiro atoms. The van der Waals surface area contributed by atoms with Crippen molar-refractivity contribution < 1.29 is 9.72 Å². The number of carbonyl (C=O) groups is 1.